The van der Waals surface area contributed by atoms with Gasteiger partial charge in [-0.05, 0) is 81.5 Å². The highest BCUT2D eigenvalue weighted by Crippen LogP contribution is 2.33. The number of hydrogen-bond acceptors (Lipinski definition) is 2. The van der Waals surface area contributed by atoms with Gasteiger partial charge in [0.05, 0.1) is 12.1 Å². The maximum atomic E-state index is 9.38. The second kappa shape index (κ2) is 19.2. The first-order chi connectivity index (χ1) is 15.4. The van der Waals surface area contributed by atoms with Gasteiger partial charge >= 0.3 is 0 Å². The van der Waals surface area contributed by atoms with Gasteiger partial charge < -0.3 is 0 Å². The SMILES string of the molecule is CCC(=CCC(CC)CC(C#N)CC)CC(CC)CC(CC)CC(CC)CC(C#N)CC. The summed E-state index contributed by atoms with van der Waals surface area (Å²) in [5.41, 5.74) is 1.62. The fourth-order valence-electron chi connectivity index (χ4n) is 5.13. The molecular formula is C30H54N2. The fourth-order valence-corrected chi connectivity index (χ4v) is 5.13. The first kappa shape index (κ1) is 30.7. The molecule has 6 unspecified atom stereocenters. The van der Waals surface area contributed by atoms with Crippen molar-refractivity contribution in [3.05, 3.63) is 11.6 Å². The zero-order valence-electron chi connectivity index (χ0n) is 22.6. The lowest BCUT2D eigenvalue weighted by Gasteiger charge is -2.27. The molecule has 2 nitrogen and oxygen atoms in total. The van der Waals surface area contributed by atoms with Gasteiger partial charge in [0.1, 0.15) is 0 Å². The summed E-state index contributed by atoms with van der Waals surface area (Å²) in [7, 11) is 0. The van der Waals surface area contributed by atoms with Gasteiger partial charge in [-0.1, -0.05) is 85.8 Å². The number of allylic oxidation sites excluding steroid dienone is 2. The molecule has 184 valence electrons. The molecule has 2 heteroatoms. The van der Waals surface area contributed by atoms with Crippen LogP contribution in [0.4, 0.5) is 0 Å². The van der Waals surface area contributed by atoms with Gasteiger partial charge in [-0.2, -0.15) is 10.5 Å². The first-order valence-corrected chi connectivity index (χ1v) is 13.9. The highest BCUT2D eigenvalue weighted by molar-refractivity contribution is 5.03. The highest BCUT2D eigenvalue weighted by Gasteiger charge is 2.21. The van der Waals surface area contributed by atoms with Crippen molar-refractivity contribution in [3.63, 3.8) is 0 Å². The van der Waals surface area contributed by atoms with Crippen LogP contribution in [0.1, 0.15) is 132 Å². The second-order valence-corrected chi connectivity index (χ2v) is 10.2. The van der Waals surface area contributed by atoms with Crippen LogP contribution < -0.4 is 0 Å². The van der Waals surface area contributed by atoms with Crippen LogP contribution >= 0.6 is 0 Å². The Bertz CT molecular complexity index is 564. The monoisotopic (exact) mass is 442 g/mol. The van der Waals surface area contributed by atoms with E-state index >= 15 is 0 Å². The van der Waals surface area contributed by atoms with E-state index in [9.17, 15) is 10.5 Å². The van der Waals surface area contributed by atoms with Crippen molar-refractivity contribution in [2.24, 2.45) is 35.5 Å². The maximum absolute atomic E-state index is 9.38. The zero-order chi connectivity index (χ0) is 24.4. The Balaban J connectivity index is 4.98. The summed E-state index contributed by atoms with van der Waals surface area (Å²) < 4.78 is 0. The van der Waals surface area contributed by atoms with Gasteiger partial charge in [0, 0.05) is 11.8 Å². The van der Waals surface area contributed by atoms with E-state index in [1.165, 1.54) is 44.9 Å². The third-order valence-corrected chi connectivity index (χ3v) is 7.97. The summed E-state index contributed by atoms with van der Waals surface area (Å²) in [4.78, 5) is 0. The van der Waals surface area contributed by atoms with Crippen LogP contribution in [0.25, 0.3) is 0 Å². The van der Waals surface area contributed by atoms with Crippen LogP contribution in [-0.4, -0.2) is 0 Å². The van der Waals surface area contributed by atoms with E-state index in [1.54, 1.807) is 5.57 Å². The molecule has 0 aromatic rings. The third-order valence-electron chi connectivity index (χ3n) is 7.97. The van der Waals surface area contributed by atoms with E-state index in [4.69, 9.17) is 0 Å². The lowest BCUT2D eigenvalue weighted by molar-refractivity contribution is 0.263. The van der Waals surface area contributed by atoms with Crippen molar-refractivity contribution < 1.29 is 0 Å². The molecule has 0 fully saturated rings. The second-order valence-electron chi connectivity index (χ2n) is 10.2. The zero-order valence-corrected chi connectivity index (χ0v) is 22.6. The number of rotatable bonds is 19. The molecule has 0 aromatic heterocycles. The lowest BCUT2D eigenvalue weighted by Crippen LogP contribution is -2.15. The van der Waals surface area contributed by atoms with Crippen molar-refractivity contribution in [1.82, 2.24) is 0 Å². The van der Waals surface area contributed by atoms with Gasteiger partial charge in [-0.3, -0.25) is 0 Å². The maximum Gasteiger partial charge on any atom is 0.0655 e. The summed E-state index contributed by atoms with van der Waals surface area (Å²) >= 11 is 0. The predicted molar refractivity (Wildman–Crippen MR) is 140 cm³/mol. The van der Waals surface area contributed by atoms with Crippen LogP contribution in [0.5, 0.6) is 0 Å². The van der Waals surface area contributed by atoms with Crippen LogP contribution in [0.15, 0.2) is 11.6 Å². The number of nitriles is 2. The largest absolute Gasteiger partial charge is 0.198 e. The predicted octanol–water partition coefficient (Wildman–Crippen LogP) is 9.87. The molecule has 0 N–H and O–H groups in total. The quantitative estimate of drug-likeness (QED) is 0.187. The standard InChI is InChI=1S/C30H54N2/c1-8-24(15-16-25(9-2)18-29(13-6)22-31)17-26(10-3)19-27(11-4)20-28(12-5)21-30(14-7)23-32/h15,25-30H,8-14,16-21H2,1-7H3. The molecule has 0 amide bonds. The van der Waals surface area contributed by atoms with E-state index in [1.807, 2.05) is 0 Å². The molecule has 0 aliphatic rings. The highest BCUT2D eigenvalue weighted by atomic mass is 14.3. The Morgan fingerprint density at radius 1 is 0.594 bits per heavy atom. The summed E-state index contributed by atoms with van der Waals surface area (Å²) in [5.74, 6) is 3.33. The normalized spacial score (nSPS) is 17.6. The molecule has 0 aliphatic carbocycles. The van der Waals surface area contributed by atoms with Gasteiger partial charge in [0.15, 0.2) is 0 Å². The van der Waals surface area contributed by atoms with Gasteiger partial charge in [-0.15, -0.1) is 0 Å². The molecule has 0 saturated carbocycles. The number of nitrogens with zero attached hydrogens (tertiary/aromatic N) is 2. The van der Waals surface area contributed by atoms with Gasteiger partial charge in [-0.25, -0.2) is 0 Å². The van der Waals surface area contributed by atoms with Crippen LogP contribution in [0, 0.1) is 58.2 Å². The molecule has 0 heterocycles. The van der Waals surface area contributed by atoms with Crippen molar-refractivity contribution in [1.29, 1.82) is 10.5 Å². The van der Waals surface area contributed by atoms with Crippen molar-refractivity contribution in [2.75, 3.05) is 0 Å². The molecule has 0 bridgehead atoms. The Morgan fingerprint density at radius 2 is 1.03 bits per heavy atom. The minimum atomic E-state index is 0.215. The Kier molecular flexibility index (Phi) is 18.4. The van der Waals surface area contributed by atoms with E-state index in [0.29, 0.717) is 11.8 Å². The van der Waals surface area contributed by atoms with Crippen molar-refractivity contribution >= 4 is 0 Å². The molecule has 0 rings (SSSR count). The Labute approximate surface area is 201 Å². The summed E-state index contributed by atoms with van der Waals surface area (Å²) in [5, 5.41) is 18.7. The minimum absolute atomic E-state index is 0.215. The van der Waals surface area contributed by atoms with E-state index in [2.05, 4.69) is 66.7 Å². The molecule has 0 radical (unpaired) electrons. The third kappa shape index (κ3) is 12.7. The smallest absolute Gasteiger partial charge is 0.0655 e. The molecule has 0 aliphatic heterocycles. The van der Waals surface area contributed by atoms with Crippen LogP contribution in [0.2, 0.25) is 0 Å². The lowest BCUT2D eigenvalue weighted by atomic mass is 9.78. The van der Waals surface area contributed by atoms with Crippen LogP contribution in [0.3, 0.4) is 0 Å². The summed E-state index contributed by atoms with van der Waals surface area (Å²) in [6.45, 7) is 15.9. The summed E-state index contributed by atoms with van der Waals surface area (Å²) in [6, 6.07) is 5.00. The Hall–Kier alpha value is -1.28. The van der Waals surface area contributed by atoms with E-state index in [0.717, 1.165) is 50.4 Å². The molecule has 0 spiro atoms. The van der Waals surface area contributed by atoms with E-state index in [-0.39, 0.29) is 11.8 Å². The van der Waals surface area contributed by atoms with Crippen molar-refractivity contribution in [2.45, 2.75) is 132 Å². The van der Waals surface area contributed by atoms with Gasteiger partial charge in [0.25, 0.3) is 0 Å². The fraction of sp³-hybridized carbons (Fsp3) is 0.867. The van der Waals surface area contributed by atoms with Crippen LogP contribution in [-0.2, 0) is 0 Å². The summed E-state index contributed by atoms with van der Waals surface area (Å²) in [6.07, 6.45) is 17.6. The van der Waals surface area contributed by atoms with Crippen molar-refractivity contribution in [3.8, 4) is 12.1 Å². The minimum Gasteiger partial charge on any atom is -0.198 e. The molecule has 32 heavy (non-hydrogen) atoms. The number of hydrogen-bond donors (Lipinski definition) is 0. The topological polar surface area (TPSA) is 47.6 Å². The average Bonchev–Trinajstić information content (AvgIpc) is 2.84. The van der Waals surface area contributed by atoms with Gasteiger partial charge in [0.2, 0.25) is 0 Å². The van der Waals surface area contributed by atoms with E-state index < -0.39 is 0 Å². The molecule has 0 saturated heterocycles. The molecule has 0 aromatic carbocycles. The first-order valence-electron chi connectivity index (χ1n) is 13.9. The molecular weight excluding hydrogens is 388 g/mol. The average molecular weight is 443 g/mol. The molecule has 6 atom stereocenters. The Morgan fingerprint density at radius 3 is 1.44 bits per heavy atom.